The van der Waals surface area contributed by atoms with Crippen molar-refractivity contribution >= 4 is 43.5 Å². The molecule has 0 aliphatic carbocycles. The number of carbonyl (C=O) groups excluding carboxylic acids is 1. The van der Waals surface area contributed by atoms with Crippen molar-refractivity contribution in [2.45, 2.75) is 11.8 Å². The Morgan fingerprint density at radius 2 is 2.11 bits per heavy atom. The van der Waals surface area contributed by atoms with Gasteiger partial charge in [-0.05, 0) is 34.1 Å². The average molecular weight is 356 g/mol. The minimum absolute atomic E-state index is 0.0573. The van der Waals surface area contributed by atoms with Crippen LogP contribution in [0.25, 0.3) is 0 Å². The molecule has 100 valence electrons. The lowest BCUT2D eigenvalue weighted by Crippen LogP contribution is -2.38. The Balaban J connectivity index is 3.18. The molecule has 0 atom stereocenters. The summed E-state index contributed by atoms with van der Waals surface area (Å²) in [7, 11) is -3.74. The number of benzene rings is 1. The number of hydrogen-bond donors (Lipinski definition) is 1. The van der Waals surface area contributed by atoms with E-state index in [1.807, 2.05) is 0 Å². The van der Waals surface area contributed by atoms with Crippen molar-refractivity contribution in [2.24, 2.45) is 5.73 Å². The third kappa shape index (κ3) is 3.44. The molecule has 0 unspecified atom stereocenters. The van der Waals surface area contributed by atoms with Crippen LogP contribution in [0.2, 0.25) is 5.02 Å². The van der Waals surface area contributed by atoms with Gasteiger partial charge in [0.15, 0.2) is 0 Å². The lowest BCUT2D eigenvalue weighted by atomic mass is 10.4. The van der Waals surface area contributed by atoms with Gasteiger partial charge in [0.2, 0.25) is 15.9 Å². The number of nitrogens with zero attached hydrogens (tertiary/aromatic N) is 1. The van der Waals surface area contributed by atoms with Crippen LogP contribution < -0.4 is 5.73 Å². The molecule has 0 bridgehead atoms. The van der Waals surface area contributed by atoms with Gasteiger partial charge in [-0.25, -0.2) is 8.42 Å². The molecular formula is C10H12BrClN2O3S. The molecule has 0 saturated heterocycles. The lowest BCUT2D eigenvalue weighted by Gasteiger charge is -2.19. The summed E-state index contributed by atoms with van der Waals surface area (Å²) in [5, 5.41) is 0.409. The third-order valence-corrected chi connectivity index (χ3v) is 5.34. The average Bonchev–Trinajstić information content (AvgIpc) is 2.28. The Morgan fingerprint density at radius 3 is 2.56 bits per heavy atom. The molecule has 0 saturated carbocycles. The number of amides is 1. The molecule has 1 aromatic rings. The van der Waals surface area contributed by atoms with E-state index in [9.17, 15) is 13.2 Å². The lowest BCUT2D eigenvalue weighted by molar-refractivity contribution is -0.118. The summed E-state index contributed by atoms with van der Waals surface area (Å²) in [5.74, 6) is -0.701. The van der Waals surface area contributed by atoms with Gasteiger partial charge in [0, 0.05) is 11.0 Å². The Labute approximate surface area is 119 Å². The van der Waals surface area contributed by atoms with Crippen molar-refractivity contribution in [1.82, 2.24) is 4.31 Å². The maximum atomic E-state index is 12.2. The maximum Gasteiger partial charge on any atom is 0.243 e. The molecule has 5 nitrogen and oxygen atoms in total. The predicted molar refractivity (Wildman–Crippen MR) is 72.8 cm³/mol. The Morgan fingerprint density at radius 1 is 1.50 bits per heavy atom. The summed E-state index contributed by atoms with van der Waals surface area (Å²) >= 11 is 8.95. The van der Waals surface area contributed by atoms with Crippen molar-refractivity contribution < 1.29 is 13.2 Å². The first-order valence-electron chi connectivity index (χ1n) is 5.02. The van der Waals surface area contributed by atoms with Crippen LogP contribution >= 0.6 is 27.5 Å². The van der Waals surface area contributed by atoms with Gasteiger partial charge in [-0.2, -0.15) is 4.31 Å². The van der Waals surface area contributed by atoms with Crippen LogP contribution in [0, 0.1) is 0 Å². The molecule has 0 aliphatic heterocycles. The monoisotopic (exact) mass is 354 g/mol. The van der Waals surface area contributed by atoms with E-state index >= 15 is 0 Å². The zero-order chi connectivity index (χ0) is 13.9. The third-order valence-electron chi connectivity index (χ3n) is 2.21. The number of halogens is 2. The maximum absolute atomic E-state index is 12.2. The van der Waals surface area contributed by atoms with E-state index in [4.69, 9.17) is 17.3 Å². The molecule has 2 N–H and O–H groups in total. The van der Waals surface area contributed by atoms with Gasteiger partial charge in [-0.15, -0.1) is 0 Å². The van der Waals surface area contributed by atoms with Gasteiger partial charge in [-0.1, -0.05) is 18.5 Å². The first-order valence-corrected chi connectivity index (χ1v) is 7.63. The van der Waals surface area contributed by atoms with Crippen LogP contribution in [-0.2, 0) is 14.8 Å². The highest BCUT2D eigenvalue weighted by Crippen LogP contribution is 2.26. The van der Waals surface area contributed by atoms with Crippen molar-refractivity contribution in [1.29, 1.82) is 0 Å². The Bertz CT molecular complexity index is 562. The number of nitrogens with two attached hydrogens (primary N) is 1. The summed E-state index contributed by atoms with van der Waals surface area (Å²) in [6.07, 6.45) is 0. The number of sulfonamides is 1. The molecule has 0 spiro atoms. The van der Waals surface area contributed by atoms with Crippen molar-refractivity contribution in [3.05, 3.63) is 27.7 Å². The summed E-state index contributed by atoms with van der Waals surface area (Å²) in [6, 6.07) is 4.24. The van der Waals surface area contributed by atoms with E-state index in [1.165, 1.54) is 18.2 Å². The molecule has 0 fully saturated rings. The van der Waals surface area contributed by atoms with Crippen molar-refractivity contribution in [3.8, 4) is 0 Å². The number of rotatable bonds is 5. The van der Waals surface area contributed by atoms with Crippen LogP contribution in [0.4, 0.5) is 0 Å². The van der Waals surface area contributed by atoms with E-state index in [0.29, 0.717) is 9.50 Å². The standard InChI is InChI=1S/C10H12BrClN2O3S/c1-2-14(6-10(13)15)18(16,17)7-3-4-9(12)8(11)5-7/h3-5H,2,6H2,1H3,(H2,13,15). The van der Waals surface area contributed by atoms with Crippen LogP contribution in [0.5, 0.6) is 0 Å². The number of primary amides is 1. The van der Waals surface area contributed by atoms with Gasteiger partial charge in [-0.3, -0.25) is 4.79 Å². The Hall–Kier alpha value is -0.630. The minimum Gasteiger partial charge on any atom is -0.369 e. The molecule has 1 amide bonds. The van der Waals surface area contributed by atoms with Crippen LogP contribution in [0.3, 0.4) is 0 Å². The number of hydrogen-bond acceptors (Lipinski definition) is 3. The van der Waals surface area contributed by atoms with E-state index in [-0.39, 0.29) is 18.0 Å². The fourth-order valence-electron chi connectivity index (χ4n) is 1.33. The quantitative estimate of drug-likeness (QED) is 0.871. The first kappa shape index (κ1) is 15.4. The molecule has 0 radical (unpaired) electrons. The van der Waals surface area contributed by atoms with E-state index in [2.05, 4.69) is 15.9 Å². The second-order valence-electron chi connectivity index (χ2n) is 3.47. The van der Waals surface area contributed by atoms with Crippen molar-refractivity contribution in [2.75, 3.05) is 13.1 Å². The van der Waals surface area contributed by atoms with Gasteiger partial charge in [0.25, 0.3) is 0 Å². The SMILES string of the molecule is CCN(CC(N)=O)S(=O)(=O)c1ccc(Cl)c(Br)c1. The largest absolute Gasteiger partial charge is 0.369 e. The molecule has 0 aliphatic rings. The van der Waals surface area contributed by atoms with E-state index < -0.39 is 15.9 Å². The predicted octanol–water partition coefficient (Wildman–Crippen LogP) is 1.60. The fraction of sp³-hybridized carbons (Fsp3) is 0.300. The van der Waals surface area contributed by atoms with Crippen LogP contribution in [0.1, 0.15) is 6.92 Å². The molecule has 8 heteroatoms. The summed E-state index contributed by atoms with van der Waals surface area (Å²) in [6.45, 7) is 1.44. The second-order valence-corrected chi connectivity index (χ2v) is 6.67. The molecule has 1 aromatic carbocycles. The molecular weight excluding hydrogens is 344 g/mol. The summed E-state index contributed by atoms with van der Waals surface area (Å²) in [5.41, 5.74) is 5.02. The van der Waals surface area contributed by atoms with E-state index in [1.54, 1.807) is 6.92 Å². The zero-order valence-corrected chi connectivity index (χ0v) is 12.7. The van der Waals surface area contributed by atoms with Gasteiger partial charge >= 0.3 is 0 Å². The minimum atomic E-state index is -3.74. The number of likely N-dealkylation sites (N-methyl/N-ethyl adjacent to an activating group) is 1. The Kier molecular flexibility index (Phi) is 5.15. The van der Waals surface area contributed by atoms with Crippen LogP contribution in [0.15, 0.2) is 27.6 Å². The molecule has 0 heterocycles. The zero-order valence-electron chi connectivity index (χ0n) is 9.56. The van der Waals surface area contributed by atoms with Gasteiger partial charge in [0.05, 0.1) is 16.5 Å². The first-order chi connectivity index (χ1) is 8.28. The molecule has 18 heavy (non-hydrogen) atoms. The van der Waals surface area contributed by atoms with Crippen LogP contribution in [-0.4, -0.2) is 31.7 Å². The number of carbonyl (C=O) groups is 1. The highest BCUT2D eigenvalue weighted by atomic mass is 79.9. The highest BCUT2D eigenvalue weighted by molar-refractivity contribution is 9.10. The van der Waals surface area contributed by atoms with E-state index in [0.717, 1.165) is 4.31 Å². The van der Waals surface area contributed by atoms with Gasteiger partial charge in [0.1, 0.15) is 0 Å². The summed E-state index contributed by atoms with van der Waals surface area (Å²) in [4.78, 5) is 10.9. The second kappa shape index (κ2) is 6.01. The normalized spacial score (nSPS) is 11.8. The van der Waals surface area contributed by atoms with Crippen molar-refractivity contribution in [3.63, 3.8) is 0 Å². The van der Waals surface area contributed by atoms with Gasteiger partial charge < -0.3 is 5.73 Å². The summed E-state index contributed by atoms with van der Waals surface area (Å²) < 4.78 is 25.9. The smallest absolute Gasteiger partial charge is 0.243 e. The molecule has 1 rings (SSSR count). The fourth-order valence-corrected chi connectivity index (χ4v) is 3.42. The topological polar surface area (TPSA) is 80.5 Å². The molecule has 0 aromatic heterocycles. The highest BCUT2D eigenvalue weighted by Gasteiger charge is 2.24.